The lowest BCUT2D eigenvalue weighted by Crippen LogP contribution is -2.40. The van der Waals surface area contributed by atoms with Crippen LogP contribution in [-0.2, 0) is 16.2 Å². The smallest absolute Gasteiger partial charge is 0.221 e. The zero-order valence-corrected chi connectivity index (χ0v) is 13.2. The van der Waals surface area contributed by atoms with Crippen molar-refractivity contribution in [3.05, 3.63) is 29.6 Å². The van der Waals surface area contributed by atoms with Crippen LogP contribution in [0.25, 0.3) is 0 Å². The van der Waals surface area contributed by atoms with Crippen molar-refractivity contribution in [2.24, 2.45) is 0 Å². The summed E-state index contributed by atoms with van der Waals surface area (Å²) < 4.78 is 28.1. The molecule has 1 unspecified atom stereocenters. The molecule has 2 N–H and O–H groups in total. The van der Waals surface area contributed by atoms with Crippen LogP contribution < -0.4 is 10.0 Å². The molecule has 1 amide bonds. The Hall–Kier alpha value is -1.11. The molecule has 0 aliphatic heterocycles. The molecular formula is C14H21FN2O2S. The van der Waals surface area contributed by atoms with Crippen LogP contribution in [0.2, 0.25) is 0 Å². The molecular weight excluding hydrogens is 279 g/mol. The maximum absolute atomic E-state index is 13.6. The summed E-state index contributed by atoms with van der Waals surface area (Å²) >= 11 is -1.25. The van der Waals surface area contributed by atoms with Gasteiger partial charge in [0, 0.05) is 24.0 Å². The van der Waals surface area contributed by atoms with E-state index in [1.165, 1.54) is 19.1 Å². The van der Waals surface area contributed by atoms with Crippen molar-refractivity contribution in [2.75, 3.05) is 5.32 Å². The second kappa shape index (κ2) is 6.56. The largest absolute Gasteiger partial charge is 0.598 e. The maximum Gasteiger partial charge on any atom is 0.221 e. The van der Waals surface area contributed by atoms with E-state index in [4.69, 9.17) is 0 Å². The molecule has 0 saturated carbocycles. The second-order valence-electron chi connectivity index (χ2n) is 5.68. The van der Waals surface area contributed by atoms with Crippen LogP contribution in [0.5, 0.6) is 0 Å². The lowest BCUT2D eigenvalue weighted by molar-refractivity contribution is -0.114. The molecule has 0 aliphatic carbocycles. The molecule has 2 atom stereocenters. The van der Waals surface area contributed by atoms with Crippen LogP contribution in [0.1, 0.15) is 46.2 Å². The number of halogens is 1. The minimum atomic E-state index is -1.25. The summed E-state index contributed by atoms with van der Waals surface area (Å²) in [5.74, 6) is -0.707. The predicted octanol–water partition coefficient (Wildman–Crippen LogP) is 2.90. The van der Waals surface area contributed by atoms with Gasteiger partial charge in [-0.3, -0.25) is 4.79 Å². The molecule has 4 nitrogen and oxygen atoms in total. The van der Waals surface area contributed by atoms with Crippen LogP contribution in [0, 0.1) is 5.82 Å². The Kier molecular flexibility index (Phi) is 5.56. The summed E-state index contributed by atoms with van der Waals surface area (Å²) in [6, 6.07) is 3.99. The van der Waals surface area contributed by atoms with Gasteiger partial charge in [0.1, 0.15) is 10.6 Å². The van der Waals surface area contributed by atoms with E-state index in [2.05, 4.69) is 10.0 Å². The third-order valence-corrected chi connectivity index (χ3v) is 4.26. The minimum absolute atomic E-state index is 0.263. The summed E-state index contributed by atoms with van der Waals surface area (Å²) in [7, 11) is 0. The summed E-state index contributed by atoms with van der Waals surface area (Å²) in [6.45, 7) is 8.74. The molecule has 0 fully saturated rings. The van der Waals surface area contributed by atoms with Crippen molar-refractivity contribution in [1.29, 1.82) is 0 Å². The van der Waals surface area contributed by atoms with Gasteiger partial charge in [-0.2, -0.15) is 0 Å². The highest BCUT2D eigenvalue weighted by Gasteiger charge is 2.28. The van der Waals surface area contributed by atoms with Crippen molar-refractivity contribution >= 4 is 23.0 Å². The summed E-state index contributed by atoms with van der Waals surface area (Å²) in [6.07, 6.45) is 0. The Morgan fingerprint density at radius 1 is 1.35 bits per heavy atom. The molecule has 0 radical (unpaired) electrons. The standard InChI is InChI=1S/C14H21FN2O2S/c1-9(17-20(19)14(3,4)5)11-6-12(15)8-13(7-11)16-10(2)18/h6-9,17H,1-5H3,(H,16,18)/t9?,20-/m1/s1. The number of carbonyl (C=O) groups excluding carboxylic acids is 1. The lowest BCUT2D eigenvalue weighted by atomic mass is 10.1. The van der Waals surface area contributed by atoms with E-state index in [-0.39, 0.29) is 11.9 Å². The molecule has 1 aromatic carbocycles. The van der Waals surface area contributed by atoms with Crippen LogP contribution in [0.3, 0.4) is 0 Å². The highest BCUT2D eigenvalue weighted by molar-refractivity contribution is 7.90. The Morgan fingerprint density at radius 2 is 1.95 bits per heavy atom. The van der Waals surface area contributed by atoms with E-state index in [0.717, 1.165) is 0 Å². The van der Waals surface area contributed by atoms with Gasteiger partial charge in [0.15, 0.2) is 0 Å². The Morgan fingerprint density at radius 3 is 2.45 bits per heavy atom. The molecule has 0 bridgehead atoms. The number of hydrogen-bond acceptors (Lipinski definition) is 3. The van der Waals surface area contributed by atoms with E-state index < -0.39 is 21.9 Å². The van der Waals surface area contributed by atoms with Crippen LogP contribution in [0.4, 0.5) is 10.1 Å². The number of nitrogens with one attached hydrogen (secondary N) is 2. The molecule has 0 aromatic heterocycles. The average Bonchev–Trinajstić information content (AvgIpc) is 2.25. The molecule has 112 valence electrons. The average molecular weight is 300 g/mol. The Balaban J connectivity index is 2.90. The quantitative estimate of drug-likeness (QED) is 0.840. The number of hydrogen-bond donors (Lipinski definition) is 2. The number of rotatable bonds is 4. The molecule has 6 heteroatoms. The number of carbonyl (C=O) groups is 1. The third kappa shape index (κ3) is 5.11. The van der Waals surface area contributed by atoms with Crippen molar-refractivity contribution in [2.45, 2.75) is 45.4 Å². The van der Waals surface area contributed by atoms with Gasteiger partial charge in [-0.25, -0.2) is 4.39 Å². The normalized spacial score (nSPS) is 14.8. The lowest BCUT2D eigenvalue weighted by Gasteiger charge is -2.26. The first-order valence-corrected chi connectivity index (χ1v) is 7.50. The van der Waals surface area contributed by atoms with E-state index >= 15 is 0 Å². The van der Waals surface area contributed by atoms with Crippen molar-refractivity contribution in [3.8, 4) is 0 Å². The molecule has 1 aromatic rings. The molecule has 0 spiro atoms. The number of anilines is 1. The van der Waals surface area contributed by atoms with Crippen molar-refractivity contribution in [3.63, 3.8) is 0 Å². The molecule has 1 rings (SSSR count). The topological polar surface area (TPSA) is 64.2 Å². The van der Waals surface area contributed by atoms with Gasteiger partial charge >= 0.3 is 0 Å². The fourth-order valence-electron chi connectivity index (χ4n) is 1.54. The van der Waals surface area contributed by atoms with Crippen LogP contribution >= 0.6 is 0 Å². The minimum Gasteiger partial charge on any atom is -0.598 e. The first-order chi connectivity index (χ1) is 9.09. The van der Waals surface area contributed by atoms with Gasteiger partial charge in [0.25, 0.3) is 0 Å². The zero-order valence-electron chi connectivity index (χ0n) is 12.4. The van der Waals surface area contributed by atoms with Gasteiger partial charge in [-0.15, -0.1) is 4.72 Å². The van der Waals surface area contributed by atoms with Gasteiger partial charge in [0.2, 0.25) is 5.91 Å². The van der Waals surface area contributed by atoms with Crippen molar-refractivity contribution in [1.82, 2.24) is 4.72 Å². The van der Waals surface area contributed by atoms with E-state index in [0.29, 0.717) is 11.3 Å². The van der Waals surface area contributed by atoms with E-state index in [1.54, 1.807) is 13.0 Å². The SMILES string of the molecule is CC(=O)Nc1cc(F)cc(C(C)N[S@+]([O-])C(C)(C)C)c1. The second-order valence-corrected chi connectivity index (χ2v) is 7.67. The Labute approximate surface area is 122 Å². The van der Waals surface area contributed by atoms with E-state index in [9.17, 15) is 13.7 Å². The fourth-order valence-corrected chi connectivity index (χ4v) is 2.35. The highest BCUT2D eigenvalue weighted by atomic mass is 32.2. The maximum atomic E-state index is 13.6. The highest BCUT2D eigenvalue weighted by Crippen LogP contribution is 2.23. The first-order valence-electron chi connectivity index (χ1n) is 6.35. The Bertz CT molecular complexity index is 489. The molecule has 0 aliphatic rings. The van der Waals surface area contributed by atoms with Crippen molar-refractivity contribution < 1.29 is 13.7 Å². The zero-order chi connectivity index (χ0) is 15.5. The fraction of sp³-hybridized carbons (Fsp3) is 0.500. The molecule has 0 heterocycles. The predicted molar refractivity (Wildman–Crippen MR) is 80.1 cm³/mol. The number of benzene rings is 1. The van der Waals surface area contributed by atoms with Gasteiger partial charge < -0.3 is 9.87 Å². The first kappa shape index (κ1) is 16.9. The summed E-state index contributed by atoms with van der Waals surface area (Å²) in [5.41, 5.74) is 1.02. The number of amides is 1. The monoisotopic (exact) mass is 300 g/mol. The van der Waals surface area contributed by atoms with Crippen LogP contribution in [0.15, 0.2) is 18.2 Å². The third-order valence-electron chi connectivity index (χ3n) is 2.58. The molecule has 20 heavy (non-hydrogen) atoms. The van der Waals surface area contributed by atoms with Gasteiger partial charge in [-0.05, 0) is 51.5 Å². The summed E-state index contributed by atoms with van der Waals surface area (Å²) in [4.78, 5) is 11.0. The molecule has 0 saturated heterocycles. The van der Waals surface area contributed by atoms with Gasteiger partial charge in [-0.1, -0.05) is 0 Å². The summed E-state index contributed by atoms with van der Waals surface area (Å²) in [5, 5.41) is 2.54. The van der Waals surface area contributed by atoms with Crippen LogP contribution in [-0.4, -0.2) is 15.2 Å². The van der Waals surface area contributed by atoms with Gasteiger partial charge in [0.05, 0.1) is 6.04 Å². The van der Waals surface area contributed by atoms with E-state index in [1.807, 2.05) is 20.8 Å².